The molecule has 1 atom stereocenters. The highest BCUT2D eigenvalue weighted by Gasteiger charge is 2.22. The lowest BCUT2D eigenvalue weighted by molar-refractivity contribution is -0.142. The quantitative estimate of drug-likeness (QED) is 0.597. The molecule has 3 nitrogen and oxygen atoms in total. The van der Waals surface area contributed by atoms with E-state index in [1.165, 1.54) is 11.3 Å². The molecular weight excluding hydrogens is 350 g/mol. The van der Waals surface area contributed by atoms with Crippen molar-refractivity contribution in [1.29, 1.82) is 0 Å². The lowest BCUT2D eigenvalue weighted by atomic mass is 10.2. The van der Waals surface area contributed by atoms with Crippen molar-refractivity contribution in [2.45, 2.75) is 11.8 Å². The Labute approximate surface area is 128 Å². The van der Waals surface area contributed by atoms with Gasteiger partial charge in [0.25, 0.3) is 0 Å². The van der Waals surface area contributed by atoms with Crippen LogP contribution in [0.15, 0.2) is 29.6 Å². The maximum atomic E-state index is 11.6. The van der Waals surface area contributed by atoms with Crippen LogP contribution in [-0.2, 0) is 9.53 Å². The van der Waals surface area contributed by atoms with Crippen molar-refractivity contribution in [3.8, 4) is 11.3 Å². The second kappa shape index (κ2) is 6.50. The molecule has 1 unspecified atom stereocenters. The molecule has 0 spiro atoms. The fraction of sp³-hybridized carbons (Fsp3) is 0.231. The van der Waals surface area contributed by atoms with Crippen LogP contribution in [-0.4, -0.2) is 17.6 Å². The number of benzene rings is 1. The number of esters is 1. The molecule has 0 saturated heterocycles. The van der Waals surface area contributed by atoms with Gasteiger partial charge in [-0.1, -0.05) is 39.7 Å². The number of carbonyl (C=O) groups excluding carboxylic acids is 1. The smallest absolute Gasteiger partial charge is 0.326 e. The summed E-state index contributed by atoms with van der Waals surface area (Å²) in [5.41, 5.74) is 1.79. The maximum absolute atomic E-state index is 11.6. The van der Waals surface area contributed by atoms with E-state index in [9.17, 15) is 4.79 Å². The molecule has 0 N–H and O–H groups in total. The Balaban J connectivity index is 2.19. The third kappa shape index (κ3) is 3.55. The summed E-state index contributed by atoms with van der Waals surface area (Å²) in [6, 6.07) is 7.42. The number of carbonyl (C=O) groups is 1. The summed E-state index contributed by atoms with van der Waals surface area (Å²) >= 11 is 10.6. The first-order chi connectivity index (χ1) is 9.11. The van der Waals surface area contributed by atoms with Crippen LogP contribution >= 0.6 is 38.9 Å². The van der Waals surface area contributed by atoms with E-state index in [1.807, 2.05) is 29.6 Å². The first kappa shape index (κ1) is 14.5. The Morgan fingerprint density at radius 2 is 2.16 bits per heavy atom. The van der Waals surface area contributed by atoms with Gasteiger partial charge >= 0.3 is 5.97 Å². The van der Waals surface area contributed by atoms with Crippen LogP contribution in [0.25, 0.3) is 11.3 Å². The largest absolute Gasteiger partial charge is 0.465 e. The zero-order valence-electron chi connectivity index (χ0n) is 10.1. The molecule has 0 amide bonds. The molecule has 0 fully saturated rings. The topological polar surface area (TPSA) is 39.2 Å². The second-order valence-electron chi connectivity index (χ2n) is 3.69. The zero-order chi connectivity index (χ0) is 13.8. The zero-order valence-corrected chi connectivity index (χ0v) is 13.3. The average Bonchev–Trinajstić information content (AvgIpc) is 2.88. The van der Waals surface area contributed by atoms with Crippen LogP contribution in [0.1, 0.15) is 16.8 Å². The molecule has 0 saturated carbocycles. The van der Waals surface area contributed by atoms with Crippen LogP contribution in [0.3, 0.4) is 0 Å². The van der Waals surface area contributed by atoms with Gasteiger partial charge in [-0.05, 0) is 19.1 Å². The Morgan fingerprint density at radius 3 is 2.79 bits per heavy atom. The third-order valence-electron chi connectivity index (χ3n) is 2.37. The van der Waals surface area contributed by atoms with Crippen molar-refractivity contribution in [2.75, 3.05) is 6.61 Å². The first-order valence-corrected chi connectivity index (χ1v) is 7.81. The summed E-state index contributed by atoms with van der Waals surface area (Å²) < 4.78 is 4.95. The molecule has 0 radical (unpaired) electrons. The van der Waals surface area contributed by atoms with E-state index in [2.05, 4.69) is 20.9 Å². The molecule has 2 aromatic rings. The van der Waals surface area contributed by atoms with E-state index in [4.69, 9.17) is 16.3 Å². The molecule has 2 rings (SSSR count). The number of rotatable bonds is 4. The van der Waals surface area contributed by atoms with Gasteiger partial charge in [-0.15, -0.1) is 11.3 Å². The molecule has 1 heterocycles. The molecule has 0 aliphatic heterocycles. The fourth-order valence-corrected chi connectivity index (χ4v) is 2.95. The van der Waals surface area contributed by atoms with Gasteiger partial charge in [0.15, 0.2) is 4.83 Å². The highest BCUT2D eigenvalue weighted by Crippen LogP contribution is 2.31. The molecule has 100 valence electrons. The molecular formula is C13H11BrClNO2S. The summed E-state index contributed by atoms with van der Waals surface area (Å²) in [6.45, 7) is 2.13. The number of hydrogen-bond acceptors (Lipinski definition) is 4. The van der Waals surface area contributed by atoms with Crippen molar-refractivity contribution in [2.24, 2.45) is 0 Å². The van der Waals surface area contributed by atoms with E-state index in [-0.39, 0.29) is 5.97 Å². The Hall–Kier alpha value is -0.910. The van der Waals surface area contributed by atoms with Gasteiger partial charge in [0.1, 0.15) is 5.01 Å². The van der Waals surface area contributed by atoms with Crippen molar-refractivity contribution >= 4 is 44.8 Å². The highest BCUT2D eigenvalue weighted by molar-refractivity contribution is 9.09. The van der Waals surface area contributed by atoms with Crippen molar-refractivity contribution < 1.29 is 9.53 Å². The van der Waals surface area contributed by atoms with Crippen LogP contribution in [0.2, 0.25) is 5.02 Å². The minimum Gasteiger partial charge on any atom is -0.465 e. The van der Waals surface area contributed by atoms with E-state index >= 15 is 0 Å². The summed E-state index contributed by atoms with van der Waals surface area (Å²) in [6.07, 6.45) is 0. The lowest BCUT2D eigenvalue weighted by Gasteiger charge is -2.05. The van der Waals surface area contributed by atoms with Crippen molar-refractivity contribution in [1.82, 2.24) is 4.98 Å². The Bertz CT molecular complexity index is 570. The predicted molar refractivity (Wildman–Crippen MR) is 80.9 cm³/mol. The lowest BCUT2D eigenvalue weighted by Crippen LogP contribution is -2.10. The molecule has 6 heteroatoms. The van der Waals surface area contributed by atoms with Gasteiger partial charge in [-0.3, -0.25) is 4.79 Å². The number of ether oxygens (including phenoxy) is 1. The van der Waals surface area contributed by atoms with E-state index in [0.29, 0.717) is 16.6 Å². The number of hydrogen-bond donors (Lipinski definition) is 0. The van der Waals surface area contributed by atoms with Crippen LogP contribution in [0.5, 0.6) is 0 Å². The molecule has 19 heavy (non-hydrogen) atoms. The number of halogens is 2. The number of alkyl halides is 1. The van der Waals surface area contributed by atoms with Gasteiger partial charge in [-0.2, -0.15) is 0 Å². The number of aromatic nitrogens is 1. The average molecular weight is 361 g/mol. The van der Waals surface area contributed by atoms with E-state index < -0.39 is 4.83 Å². The molecule has 1 aromatic heterocycles. The highest BCUT2D eigenvalue weighted by atomic mass is 79.9. The summed E-state index contributed by atoms with van der Waals surface area (Å²) in [4.78, 5) is 15.5. The molecule has 0 bridgehead atoms. The Kier molecular flexibility index (Phi) is 4.96. The predicted octanol–water partition coefficient (Wildman–Crippen LogP) is 4.46. The second-order valence-corrected chi connectivity index (χ2v) is 5.93. The summed E-state index contributed by atoms with van der Waals surface area (Å²) in [5, 5.41) is 3.28. The minimum absolute atomic E-state index is 0.320. The summed E-state index contributed by atoms with van der Waals surface area (Å²) in [7, 11) is 0. The normalized spacial score (nSPS) is 12.2. The van der Waals surface area contributed by atoms with Gasteiger partial charge in [0.2, 0.25) is 0 Å². The first-order valence-electron chi connectivity index (χ1n) is 5.64. The molecule has 0 aliphatic rings. The molecule has 0 aliphatic carbocycles. The van der Waals surface area contributed by atoms with Gasteiger partial charge in [-0.25, -0.2) is 4.98 Å². The van der Waals surface area contributed by atoms with Gasteiger partial charge in [0, 0.05) is 16.0 Å². The maximum Gasteiger partial charge on any atom is 0.326 e. The Morgan fingerprint density at radius 1 is 1.47 bits per heavy atom. The summed E-state index contributed by atoms with van der Waals surface area (Å²) in [5.74, 6) is -0.320. The van der Waals surface area contributed by atoms with Crippen molar-refractivity contribution in [3.63, 3.8) is 0 Å². The SMILES string of the molecule is CCOC(=O)C(Br)c1nc(-c2ccc(Cl)cc2)cs1. The van der Waals surface area contributed by atoms with Crippen LogP contribution < -0.4 is 0 Å². The van der Waals surface area contributed by atoms with Gasteiger partial charge < -0.3 is 4.74 Å². The van der Waals surface area contributed by atoms with E-state index in [1.54, 1.807) is 6.92 Å². The van der Waals surface area contributed by atoms with E-state index in [0.717, 1.165) is 11.3 Å². The monoisotopic (exact) mass is 359 g/mol. The van der Waals surface area contributed by atoms with Crippen molar-refractivity contribution in [3.05, 3.63) is 39.7 Å². The van der Waals surface area contributed by atoms with Crippen LogP contribution in [0, 0.1) is 0 Å². The fourth-order valence-electron chi connectivity index (χ4n) is 1.47. The van der Waals surface area contributed by atoms with Gasteiger partial charge in [0.05, 0.1) is 12.3 Å². The standard InChI is InChI=1S/C13H11BrClNO2S/c1-2-18-13(17)11(14)12-16-10(7-19-12)8-3-5-9(15)6-4-8/h3-7,11H,2H2,1H3. The minimum atomic E-state index is -0.515. The van der Waals surface area contributed by atoms with Crippen LogP contribution in [0.4, 0.5) is 0 Å². The number of nitrogens with zero attached hydrogens (tertiary/aromatic N) is 1. The third-order valence-corrected chi connectivity index (χ3v) is 4.64. The number of thiazole rings is 1. The molecule has 1 aromatic carbocycles.